The van der Waals surface area contributed by atoms with Gasteiger partial charge >= 0.3 is 18.4 Å². The summed E-state index contributed by atoms with van der Waals surface area (Å²) in [5, 5.41) is 6.92. The number of carbonyl (C=O) groups excluding carboxylic acids is 1. The van der Waals surface area contributed by atoms with Gasteiger partial charge in [0, 0.05) is 32.1 Å². The zero-order valence-corrected chi connectivity index (χ0v) is 24.1. The second-order valence-electron chi connectivity index (χ2n) is 9.68. The van der Waals surface area contributed by atoms with Crippen LogP contribution in [0.5, 0.6) is 5.75 Å². The van der Waals surface area contributed by atoms with Gasteiger partial charge in [0.05, 0.1) is 11.8 Å². The summed E-state index contributed by atoms with van der Waals surface area (Å²) in [5.74, 6) is -0.398. The Morgan fingerprint density at radius 3 is 2.23 bits per heavy atom. The van der Waals surface area contributed by atoms with Gasteiger partial charge in [-0.1, -0.05) is 6.92 Å². The first-order chi connectivity index (χ1) is 20.9. The van der Waals surface area contributed by atoms with Gasteiger partial charge in [-0.05, 0) is 61.9 Å². The van der Waals surface area contributed by atoms with E-state index in [1.54, 1.807) is 38.3 Å². The lowest BCUT2D eigenvalue weighted by atomic mass is 9.99. The molecule has 4 rings (SSSR count). The van der Waals surface area contributed by atoms with Crippen molar-refractivity contribution in [3.63, 3.8) is 0 Å². The molecule has 2 heterocycles. The van der Waals surface area contributed by atoms with Crippen LogP contribution in [0.3, 0.4) is 0 Å². The van der Waals surface area contributed by atoms with Gasteiger partial charge in [-0.25, -0.2) is 14.5 Å². The van der Waals surface area contributed by atoms with Crippen LogP contribution in [0.15, 0.2) is 54.9 Å². The van der Waals surface area contributed by atoms with Gasteiger partial charge in [0.25, 0.3) is 0 Å². The van der Waals surface area contributed by atoms with Crippen LogP contribution in [-0.2, 0) is 23.7 Å². The summed E-state index contributed by atoms with van der Waals surface area (Å²) in [7, 11) is 3.01. The van der Waals surface area contributed by atoms with Gasteiger partial charge in [-0.2, -0.15) is 22.0 Å². The molecule has 0 saturated carbocycles. The number of methoxy groups -OCH3 is 2. The molecule has 1 amide bonds. The largest absolute Gasteiger partial charge is 0.499 e. The van der Waals surface area contributed by atoms with E-state index >= 15 is 0 Å². The van der Waals surface area contributed by atoms with Crippen molar-refractivity contribution in [3.05, 3.63) is 54.9 Å². The third kappa shape index (κ3) is 7.61. The van der Waals surface area contributed by atoms with Crippen LogP contribution in [0.1, 0.15) is 20.3 Å². The number of rotatable bonds is 11. The fraction of sp³-hybridized carbons (Fsp3) is 0.464. The van der Waals surface area contributed by atoms with Gasteiger partial charge in [0.2, 0.25) is 6.29 Å². The topological polar surface area (TPSA) is 115 Å². The smallest absolute Gasteiger partial charge is 0.426 e. The molecule has 0 spiro atoms. The average Bonchev–Trinajstić information content (AvgIpc) is 3.46. The molecule has 1 aromatic heterocycles. The summed E-state index contributed by atoms with van der Waals surface area (Å²) < 4.78 is 96.9. The van der Waals surface area contributed by atoms with Crippen LogP contribution < -0.4 is 10.1 Å². The molecule has 1 aliphatic rings. The zero-order valence-electron chi connectivity index (χ0n) is 24.1. The second kappa shape index (κ2) is 13.8. The number of hydrogen-bond acceptors (Lipinski definition) is 9. The van der Waals surface area contributed by atoms with E-state index in [9.17, 15) is 26.7 Å². The van der Waals surface area contributed by atoms with Crippen LogP contribution in [0, 0.1) is 0 Å². The number of aromatic nitrogens is 3. The fourth-order valence-electron chi connectivity index (χ4n) is 4.43. The van der Waals surface area contributed by atoms with Gasteiger partial charge in [-0.3, -0.25) is 5.32 Å². The second-order valence-corrected chi connectivity index (χ2v) is 9.68. The molecule has 240 valence electrons. The number of nitrogens with one attached hydrogen (secondary N) is 1. The number of alkyl halides is 5. The Bertz CT molecular complexity index is 1370. The monoisotopic (exact) mass is 630 g/mol. The van der Waals surface area contributed by atoms with Crippen LogP contribution in [-0.4, -0.2) is 84.7 Å². The number of amides is 1. The Morgan fingerprint density at radius 1 is 0.977 bits per heavy atom. The van der Waals surface area contributed by atoms with Crippen molar-refractivity contribution in [1.29, 1.82) is 0 Å². The predicted octanol–water partition coefficient (Wildman–Crippen LogP) is 5.59. The molecule has 2 aromatic carbocycles. The Labute approximate surface area is 249 Å². The maximum absolute atomic E-state index is 13.1. The van der Waals surface area contributed by atoms with E-state index in [2.05, 4.69) is 20.1 Å². The minimum atomic E-state index is -5.85. The first-order valence-corrected chi connectivity index (χ1v) is 13.4. The number of carbonyl (C=O) groups is 1. The molecule has 1 aliphatic heterocycles. The Balaban J connectivity index is 1.37. The molecule has 1 fully saturated rings. The summed E-state index contributed by atoms with van der Waals surface area (Å²) in [6.07, 6.45) is -13.0. The number of nitrogens with zero attached hydrogens (tertiary/aromatic N) is 3. The van der Waals surface area contributed by atoms with E-state index in [0.717, 1.165) is 18.6 Å². The first kappa shape index (κ1) is 33.0. The van der Waals surface area contributed by atoms with Crippen LogP contribution >= 0.6 is 0 Å². The highest BCUT2D eigenvalue weighted by atomic mass is 19.4. The Kier molecular flexibility index (Phi) is 10.4. The summed E-state index contributed by atoms with van der Waals surface area (Å²) in [5.41, 5.74) is 1.30. The van der Waals surface area contributed by atoms with Crippen LogP contribution in [0.25, 0.3) is 17.1 Å². The van der Waals surface area contributed by atoms with Gasteiger partial charge < -0.3 is 28.4 Å². The van der Waals surface area contributed by atoms with Gasteiger partial charge in [-0.15, -0.1) is 5.10 Å². The number of hydrogen-bond donors (Lipinski definition) is 1. The Hall–Kier alpha value is -3.86. The van der Waals surface area contributed by atoms with Crippen molar-refractivity contribution < 1.29 is 55.2 Å². The predicted molar refractivity (Wildman–Crippen MR) is 144 cm³/mol. The third-order valence-corrected chi connectivity index (χ3v) is 6.57. The van der Waals surface area contributed by atoms with E-state index < -0.39 is 54.8 Å². The summed E-state index contributed by atoms with van der Waals surface area (Å²) in [6.45, 7) is 4.22. The molecule has 11 nitrogen and oxygen atoms in total. The number of halogens is 5. The molecule has 0 bridgehead atoms. The first-order valence-electron chi connectivity index (χ1n) is 13.4. The lowest BCUT2D eigenvalue weighted by Crippen LogP contribution is -2.60. The van der Waals surface area contributed by atoms with Crippen LogP contribution in [0.2, 0.25) is 0 Å². The summed E-state index contributed by atoms with van der Waals surface area (Å²) in [4.78, 5) is 16.9. The minimum absolute atomic E-state index is 0.279. The molecule has 5 atom stereocenters. The van der Waals surface area contributed by atoms with Crippen molar-refractivity contribution in [1.82, 2.24) is 14.8 Å². The van der Waals surface area contributed by atoms with Crippen molar-refractivity contribution in [2.45, 2.75) is 63.3 Å². The summed E-state index contributed by atoms with van der Waals surface area (Å²) in [6, 6.07) is 10.9. The Morgan fingerprint density at radius 2 is 1.64 bits per heavy atom. The van der Waals surface area contributed by atoms with Crippen molar-refractivity contribution in [3.8, 4) is 22.8 Å². The highest BCUT2D eigenvalue weighted by Crippen LogP contribution is 2.37. The SMILES string of the molecule is CCCO[C@@H]1C(OC)[C@H](C)OC(OC(=O)Nc2ccc(-c3ncn(-c4ccc(OC(F)(F)C(F)(F)F)cc4)n3)cc2)[C@@H]1OC. The molecule has 1 N–H and O–H groups in total. The number of benzene rings is 2. The van der Waals surface area contributed by atoms with E-state index in [1.165, 1.54) is 30.3 Å². The fourth-order valence-corrected chi connectivity index (χ4v) is 4.43. The lowest BCUT2D eigenvalue weighted by Gasteiger charge is -2.43. The average molecular weight is 631 g/mol. The lowest BCUT2D eigenvalue weighted by molar-refractivity contribution is -0.360. The van der Waals surface area contributed by atoms with E-state index in [1.807, 2.05) is 6.92 Å². The standard InChI is InChI=1S/C28H31F5N4O7/c1-5-14-41-22-21(39-3)16(2)42-25(23(22)40-4)43-26(38)35-18-8-6-17(7-9-18)24-34-15-37(36-24)19-10-12-20(13-11-19)44-28(32,33)27(29,30)31/h6-13,15-16,21-23,25H,5,14H2,1-4H3,(H,35,38)/t16-,21?,22+,23+,25?/m0/s1. The van der Waals surface area contributed by atoms with Gasteiger partial charge in [0.1, 0.15) is 30.4 Å². The maximum atomic E-state index is 13.1. The molecule has 44 heavy (non-hydrogen) atoms. The van der Waals surface area contributed by atoms with E-state index in [4.69, 9.17) is 23.7 Å². The maximum Gasteiger partial charge on any atom is 0.499 e. The molecule has 3 aromatic rings. The minimum Gasteiger partial charge on any atom is -0.426 e. The highest BCUT2D eigenvalue weighted by molar-refractivity contribution is 5.85. The molecule has 0 radical (unpaired) electrons. The van der Waals surface area contributed by atoms with Crippen molar-refractivity contribution in [2.24, 2.45) is 0 Å². The quantitative estimate of drug-likeness (QED) is 0.271. The van der Waals surface area contributed by atoms with E-state index in [0.29, 0.717) is 23.5 Å². The molecule has 1 saturated heterocycles. The van der Waals surface area contributed by atoms with Crippen molar-refractivity contribution in [2.75, 3.05) is 26.1 Å². The third-order valence-electron chi connectivity index (χ3n) is 6.57. The molecule has 2 unspecified atom stereocenters. The molecule has 0 aliphatic carbocycles. The zero-order chi connectivity index (χ0) is 32.1. The molecule has 16 heteroatoms. The number of anilines is 1. The van der Waals surface area contributed by atoms with Crippen LogP contribution in [0.4, 0.5) is 32.4 Å². The highest BCUT2D eigenvalue weighted by Gasteiger charge is 2.61. The van der Waals surface area contributed by atoms with E-state index in [-0.39, 0.29) is 5.82 Å². The molecular weight excluding hydrogens is 599 g/mol. The normalized spacial score (nSPS) is 22.4. The summed E-state index contributed by atoms with van der Waals surface area (Å²) >= 11 is 0. The number of ether oxygens (including phenoxy) is 6. The van der Waals surface area contributed by atoms with Gasteiger partial charge in [0.15, 0.2) is 5.82 Å². The van der Waals surface area contributed by atoms with Crippen molar-refractivity contribution >= 4 is 11.8 Å². The molecular formula is C28H31F5N4O7.